The van der Waals surface area contributed by atoms with Gasteiger partial charge in [-0.25, -0.2) is 0 Å². The van der Waals surface area contributed by atoms with E-state index in [-0.39, 0.29) is 18.2 Å². The van der Waals surface area contributed by atoms with Gasteiger partial charge in [0.15, 0.2) is 0 Å². The number of rotatable bonds is 9. The highest BCUT2D eigenvalue weighted by atomic mass is 16.5. The number of aldehydes is 1. The number of carbonyl (C=O) groups is 2. The number of unbranched alkanes of at least 4 members (excludes halogenated alkanes) is 1. The minimum atomic E-state index is -0.334. The van der Waals surface area contributed by atoms with E-state index in [1.165, 1.54) is 14.0 Å². The molecule has 110 valence electrons. The number of carbonyl (C=O) groups excluding carboxylic acids is 2. The summed E-state index contributed by atoms with van der Waals surface area (Å²) in [6, 6.07) is 9.70. The first-order chi connectivity index (χ1) is 9.67. The van der Waals surface area contributed by atoms with E-state index in [2.05, 4.69) is 0 Å². The molecule has 0 aliphatic heterocycles. The number of hydrogen-bond acceptors (Lipinski definition) is 4. The summed E-state index contributed by atoms with van der Waals surface area (Å²) in [7, 11) is 1.53. The van der Waals surface area contributed by atoms with E-state index in [4.69, 9.17) is 9.47 Å². The van der Waals surface area contributed by atoms with Gasteiger partial charge >= 0.3 is 5.97 Å². The van der Waals surface area contributed by atoms with Gasteiger partial charge in [0.2, 0.25) is 0 Å². The molecule has 20 heavy (non-hydrogen) atoms. The monoisotopic (exact) mass is 278 g/mol. The van der Waals surface area contributed by atoms with Crippen LogP contribution in [-0.2, 0) is 19.1 Å². The molecule has 0 heterocycles. The van der Waals surface area contributed by atoms with Crippen LogP contribution in [0, 0.1) is 0 Å². The summed E-state index contributed by atoms with van der Waals surface area (Å²) in [6.45, 7) is 1.42. The van der Waals surface area contributed by atoms with E-state index in [9.17, 15) is 9.59 Å². The van der Waals surface area contributed by atoms with E-state index in [1.807, 2.05) is 30.3 Å². The molecule has 0 saturated carbocycles. The van der Waals surface area contributed by atoms with Gasteiger partial charge in [0.05, 0.1) is 0 Å². The molecule has 1 aromatic rings. The maximum Gasteiger partial charge on any atom is 0.303 e. The zero-order chi connectivity index (χ0) is 14.8. The largest absolute Gasteiger partial charge is 0.458 e. The Kier molecular flexibility index (Phi) is 7.58. The summed E-state index contributed by atoms with van der Waals surface area (Å²) < 4.78 is 10.4. The van der Waals surface area contributed by atoms with E-state index in [1.54, 1.807) is 0 Å². The summed E-state index contributed by atoms with van der Waals surface area (Å²) in [5.74, 6) is -0.276. The summed E-state index contributed by atoms with van der Waals surface area (Å²) in [5.41, 5.74) is 1.00. The van der Waals surface area contributed by atoms with Gasteiger partial charge in [-0.05, 0) is 24.8 Å². The van der Waals surface area contributed by atoms with Gasteiger partial charge in [-0.15, -0.1) is 0 Å². The van der Waals surface area contributed by atoms with Crippen molar-refractivity contribution in [2.75, 3.05) is 7.11 Å². The van der Waals surface area contributed by atoms with Crippen LogP contribution in [0.4, 0.5) is 0 Å². The molecule has 0 aliphatic carbocycles. The van der Waals surface area contributed by atoms with Crippen LogP contribution in [0.2, 0.25) is 0 Å². The highest BCUT2D eigenvalue weighted by Gasteiger charge is 2.14. The highest BCUT2D eigenvalue weighted by Crippen LogP contribution is 2.24. The maximum atomic E-state index is 11.2. The molecular weight excluding hydrogens is 256 g/mol. The molecule has 0 radical (unpaired) electrons. The fraction of sp³-hybridized carbons (Fsp3) is 0.500. The molecule has 4 nitrogen and oxygen atoms in total. The second-order valence-electron chi connectivity index (χ2n) is 4.70. The third-order valence-corrected chi connectivity index (χ3v) is 3.14. The molecule has 0 saturated heterocycles. The van der Waals surface area contributed by atoms with Gasteiger partial charge in [-0.1, -0.05) is 36.8 Å². The van der Waals surface area contributed by atoms with E-state index < -0.39 is 0 Å². The van der Waals surface area contributed by atoms with Gasteiger partial charge < -0.3 is 14.3 Å². The summed E-state index contributed by atoms with van der Waals surface area (Å²) in [4.78, 5) is 21.8. The van der Waals surface area contributed by atoms with Crippen LogP contribution >= 0.6 is 0 Å². The number of hydrogen-bond donors (Lipinski definition) is 0. The number of methoxy groups -OCH3 is 1. The van der Waals surface area contributed by atoms with Crippen LogP contribution in [0.25, 0.3) is 0 Å². The lowest BCUT2D eigenvalue weighted by Gasteiger charge is -2.17. The van der Waals surface area contributed by atoms with Crippen LogP contribution in [0.3, 0.4) is 0 Å². The Balaban J connectivity index is 2.46. The van der Waals surface area contributed by atoms with Crippen molar-refractivity contribution >= 4 is 12.3 Å². The lowest BCUT2D eigenvalue weighted by Crippen LogP contribution is -2.12. The molecule has 0 bridgehead atoms. The van der Waals surface area contributed by atoms with Gasteiger partial charge in [0.1, 0.15) is 18.5 Å². The fourth-order valence-electron chi connectivity index (χ4n) is 2.08. The minimum absolute atomic E-state index is 0.217. The molecule has 0 aliphatic rings. The quantitative estimate of drug-likeness (QED) is 0.396. The third-order valence-electron chi connectivity index (χ3n) is 3.14. The van der Waals surface area contributed by atoms with E-state index >= 15 is 0 Å². The maximum absolute atomic E-state index is 11.2. The Morgan fingerprint density at radius 2 is 1.85 bits per heavy atom. The van der Waals surface area contributed by atoms with Crippen LogP contribution in [-0.4, -0.2) is 25.5 Å². The second-order valence-corrected chi connectivity index (χ2v) is 4.70. The predicted molar refractivity (Wildman–Crippen MR) is 76.3 cm³/mol. The van der Waals surface area contributed by atoms with Crippen LogP contribution in [0.1, 0.15) is 44.3 Å². The first-order valence-corrected chi connectivity index (χ1v) is 6.87. The molecule has 1 rings (SSSR count). The van der Waals surface area contributed by atoms with Crippen molar-refractivity contribution in [3.8, 4) is 0 Å². The smallest absolute Gasteiger partial charge is 0.303 e. The summed E-state index contributed by atoms with van der Waals surface area (Å²) in [6.07, 6.45) is 3.45. The first kappa shape index (κ1) is 16.4. The topological polar surface area (TPSA) is 52.6 Å². The Morgan fingerprint density at radius 1 is 1.20 bits per heavy atom. The predicted octanol–water partition coefficient (Wildman–Crippen LogP) is 3.07. The Hall–Kier alpha value is -1.68. The van der Waals surface area contributed by atoms with E-state index in [0.29, 0.717) is 6.42 Å². The Bertz CT molecular complexity index is 402. The SMILES string of the molecule is CO[C@H](C=O)CCCC[C@H](OC(C)=O)c1ccccc1. The molecule has 0 fully saturated rings. The average molecular weight is 278 g/mol. The van der Waals surface area contributed by atoms with Gasteiger partial charge in [0.25, 0.3) is 0 Å². The Labute approximate surface area is 120 Å². The lowest BCUT2D eigenvalue weighted by molar-refractivity contribution is -0.147. The fourth-order valence-corrected chi connectivity index (χ4v) is 2.08. The molecule has 0 N–H and O–H groups in total. The highest BCUT2D eigenvalue weighted by molar-refractivity contribution is 5.66. The van der Waals surface area contributed by atoms with Crippen molar-refractivity contribution in [3.63, 3.8) is 0 Å². The molecule has 0 unspecified atom stereocenters. The molecule has 0 aromatic heterocycles. The summed E-state index contributed by atoms with van der Waals surface area (Å²) >= 11 is 0. The minimum Gasteiger partial charge on any atom is -0.458 e. The van der Waals surface area contributed by atoms with Crippen molar-refractivity contribution in [2.24, 2.45) is 0 Å². The number of esters is 1. The second kappa shape index (κ2) is 9.26. The van der Waals surface area contributed by atoms with Crippen molar-refractivity contribution in [1.29, 1.82) is 0 Å². The van der Waals surface area contributed by atoms with Gasteiger partial charge in [-0.2, -0.15) is 0 Å². The van der Waals surface area contributed by atoms with Gasteiger partial charge in [-0.3, -0.25) is 4.79 Å². The molecule has 4 heteroatoms. The molecule has 1 aromatic carbocycles. The first-order valence-electron chi connectivity index (χ1n) is 6.87. The Morgan fingerprint density at radius 3 is 2.40 bits per heavy atom. The molecular formula is C16H22O4. The normalized spacial score (nSPS) is 13.5. The van der Waals surface area contributed by atoms with Crippen molar-refractivity contribution in [3.05, 3.63) is 35.9 Å². The molecule has 2 atom stereocenters. The van der Waals surface area contributed by atoms with Crippen LogP contribution in [0.5, 0.6) is 0 Å². The van der Waals surface area contributed by atoms with E-state index in [0.717, 1.165) is 31.1 Å². The lowest BCUT2D eigenvalue weighted by atomic mass is 10.0. The number of benzene rings is 1. The van der Waals surface area contributed by atoms with Crippen molar-refractivity contribution in [2.45, 2.75) is 44.8 Å². The third kappa shape index (κ3) is 5.97. The standard InChI is InChI=1S/C16H22O4/c1-13(18)20-16(14-8-4-3-5-9-14)11-7-6-10-15(12-17)19-2/h3-5,8-9,12,15-16H,6-7,10-11H2,1-2H3/t15-,16-/m0/s1. The zero-order valence-electron chi connectivity index (χ0n) is 12.1. The number of ether oxygens (including phenoxy) is 2. The molecule has 0 amide bonds. The van der Waals surface area contributed by atoms with Gasteiger partial charge in [0, 0.05) is 14.0 Å². The van der Waals surface area contributed by atoms with Crippen molar-refractivity contribution in [1.82, 2.24) is 0 Å². The average Bonchev–Trinajstić information content (AvgIpc) is 2.46. The summed E-state index contributed by atoms with van der Waals surface area (Å²) in [5, 5.41) is 0. The van der Waals surface area contributed by atoms with Crippen LogP contribution < -0.4 is 0 Å². The van der Waals surface area contributed by atoms with Crippen molar-refractivity contribution < 1.29 is 19.1 Å². The molecule has 0 spiro atoms. The van der Waals surface area contributed by atoms with Crippen LogP contribution in [0.15, 0.2) is 30.3 Å². The zero-order valence-corrected chi connectivity index (χ0v) is 12.1.